The zero-order valence-electron chi connectivity index (χ0n) is 16.1. The number of hydrogen-bond acceptors (Lipinski definition) is 5. The molecule has 0 saturated heterocycles. The third kappa shape index (κ3) is 5.68. The molecular weight excluding hydrogens is 404 g/mol. The Kier molecular flexibility index (Phi) is 7.06. The van der Waals surface area contributed by atoms with E-state index in [0.717, 1.165) is 5.56 Å². The number of sulfone groups is 1. The Balaban J connectivity index is 1.66. The van der Waals surface area contributed by atoms with E-state index in [2.05, 4.69) is 4.98 Å². The first-order chi connectivity index (χ1) is 14.0. The first-order valence-corrected chi connectivity index (χ1v) is 11.8. The van der Waals surface area contributed by atoms with Crippen LogP contribution in [0.2, 0.25) is 0 Å². The largest absolute Gasteiger partial charge is 0.337 e. The molecule has 2 aromatic carbocycles. The van der Waals surface area contributed by atoms with Gasteiger partial charge in [-0.3, -0.25) is 4.79 Å². The third-order valence-corrected chi connectivity index (χ3v) is 7.30. The van der Waals surface area contributed by atoms with Gasteiger partial charge in [-0.1, -0.05) is 48.5 Å². The fourth-order valence-corrected chi connectivity index (χ4v) is 5.46. The highest BCUT2D eigenvalue weighted by atomic mass is 32.2. The number of nitrogens with zero attached hydrogens (tertiary/aromatic N) is 2. The van der Waals surface area contributed by atoms with Crippen LogP contribution < -0.4 is 0 Å². The van der Waals surface area contributed by atoms with Gasteiger partial charge in [0.1, 0.15) is 5.03 Å². The summed E-state index contributed by atoms with van der Waals surface area (Å²) >= 11 is 1.28. The number of pyridine rings is 1. The van der Waals surface area contributed by atoms with Gasteiger partial charge in [0, 0.05) is 25.5 Å². The van der Waals surface area contributed by atoms with Gasteiger partial charge in [0.15, 0.2) is 9.84 Å². The van der Waals surface area contributed by atoms with Crippen molar-refractivity contribution >= 4 is 27.5 Å². The molecule has 3 rings (SSSR count). The maximum atomic E-state index is 12.9. The second kappa shape index (κ2) is 9.71. The first kappa shape index (κ1) is 21.1. The SMILES string of the molecule is CN(Cc1ccccc1)C(=O)c1cccnc1SCCS(=O)(=O)c1ccccc1. The second-order valence-corrected chi connectivity index (χ2v) is 9.68. The summed E-state index contributed by atoms with van der Waals surface area (Å²) in [7, 11) is -1.62. The van der Waals surface area contributed by atoms with Gasteiger partial charge in [-0.05, 0) is 29.8 Å². The molecule has 0 aliphatic heterocycles. The van der Waals surface area contributed by atoms with Gasteiger partial charge in [-0.15, -0.1) is 11.8 Å². The van der Waals surface area contributed by atoms with E-state index in [0.29, 0.717) is 27.8 Å². The van der Waals surface area contributed by atoms with Crippen molar-refractivity contribution in [2.45, 2.75) is 16.5 Å². The van der Waals surface area contributed by atoms with E-state index in [1.165, 1.54) is 11.8 Å². The topological polar surface area (TPSA) is 67.3 Å². The molecule has 1 aromatic heterocycles. The Labute approximate surface area is 175 Å². The normalized spacial score (nSPS) is 11.2. The van der Waals surface area contributed by atoms with Crippen LogP contribution >= 0.6 is 11.8 Å². The molecule has 0 bridgehead atoms. The molecule has 0 aliphatic rings. The summed E-state index contributed by atoms with van der Waals surface area (Å²) < 4.78 is 24.9. The molecule has 7 heteroatoms. The van der Waals surface area contributed by atoms with Crippen molar-refractivity contribution in [3.63, 3.8) is 0 Å². The van der Waals surface area contributed by atoms with Crippen LogP contribution in [-0.4, -0.2) is 42.8 Å². The Morgan fingerprint density at radius 3 is 2.31 bits per heavy atom. The molecule has 29 heavy (non-hydrogen) atoms. The van der Waals surface area contributed by atoms with E-state index < -0.39 is 9.84 Å². The summed E-state index contributed by atoms with van der Waals surface area (Å²) in [5, 5.41) is 0.542. The van der Waals surface area contributed by atoms with E-state index in [1.807, 2.05) is 30.3 Å². The summed E-state index contributed by atoms with van der Waals surface area (Å²) in [4.78, 5) is 19.1. The highest BCUT2D eigenvalue weighted by Crippen LogP contribution is 2.23. The molecule has 1 heterocycles. The number of aromatic nitrogens is 1. The smallest absolute Gasteiger partial charge is 0.256 e. The van der Waals surface area contributed by atoms with Crippen LogP contribution in [0.25, 0.3) is 0 Å². The number of hydrogen-bond donors (Lipinski definition) is 0. The predicted octanol–water partition coefficient (Wildman–Crippen LogP) is 3.92. The highest BCUT2D eigenvalue weighted by molar-refractivity contribution is 8.00. The van der Waals surface area contributed by atoms with Crippen molar-refractivity contribution in [3.05, 3.63) is 90.1 Å². The van der Waals surface area contributed by atoms with Crippen LogP contribution in [0.3, 0.4) is 0 Å². The molecule has 0 spiro atoms. The van der Waals surface area contributed by atoms with Gasteiger partial charge in [0.05, 0.1) is 16.2 Å². The van der Waals surface area contributed by atoms with Crippen molar-refractivity contribution in [1.29, 1.82) is 0 Å². The van der Waals surface area contributed by atoms with Crippen LogP contribution in [-0.2, 0) is 16.4 Å². The van der Waals surface area contributed by atoms with Gasteiger partial charge in [0.2, 0.25) is 0 Å². The molecule has 0 saturated carbocycles. The number of carbonyl (C=O) groups excluding carboxylic acids is 1. The minimum atomic E-state index is -3.36. The Morgan fingerprint density at radius 2 is 1.62 bits per heavy atom. The lowest BCUT2D eigenvalue weighted by atomic mass is 10.2. The molecule has 0 radical (unpaired) electrons. The van der Waals surface area contributed by atoms with Crippen molar-refractivity contribution < 1.29 is 13.2 Å². The van der Waals surface area contributed by atoms with E-state index in [-0.39, 0.29) is 11.7 Å². The molecule has 0 aliphatic carbocycles. The fraction of sp³-hybridized carbons (Fsp3) is 0.182. The zero-order chi connectivity index (χ0) is 20.7. The number of thioether (sulfide) groups is 1. The minimum absolute atomic E-state index is 0.0221. The molecule has 3 aromatic rings. The molecule has 1 amide bonds. The summed E-state index contributed by atoms with van der Waals surface area (Å²) in [5.41, 5.74) is 1.52. The van der Waals surface area contributed by atoms with E-state index in [4.69, 9.17) is 0 Å². The molecule has 0 N–H and O–H groups in total. The lowest BCUT2D eigenvalue weighted by Gasteiger charge is -2.18. The monoisotopic (exact) mass is 426 g/mol. The average Bonchev–Trinajstić information content (AvgIpc) is 2.75. The minimum Gasteiger partial charge on any atom is -0.337 e. The Hall–Kier alpha value is -2.64. The van der Waals surface area contributed by atoms with E-state index in [1.54, 1.807) is 60.6 Å². The molecule has 150 valence electrons. The van der Waals surface area contributed by atoms with Crippen LogP contribution in [0.1, 0.15) is 15.9 Å². The van der Waals surface area contributed by atoms with Gasteiger partial charge in [-0.2, -0.15) is 0 Å². The van der Waals surface area contributed by atoms with E-state index in [9.17, 15) is 13.2 Å². The summed E-state index contributed by atoms with van der Waals surface area (Å²) in [5.74, 6) is 0.151. The van der Waals surface area contributed by atoms with Crippen LogP contribution in [0.4, 0.5) is 0 Å². The first-order valence-electron chi connectivity index (χ1n) is 9.12. The standard InChI is InChI=1S/C22H22N2O3S2/c1-24(17-18-9-4-2-5-10-18)22(25)20-13-8-14-23-21(20)28-15-16-29(26,27)19-11-6-3-7-12-19/h2-14H,15-17H2,1H3. The van der Waals surface area contributed by atoms with Crippen LogP contribution in [0.15, 0.2) is 88.9 Å². The van der Waals surface area contributed by atoms with Crippen molar-refractivity contribution in [2.75, 3.05) is 18.6 Å². The molecule has 5 nitrogen and oxygen atoms in total. The summed E-state index contributed by atoms with van der Waals surface area (Å²) in [6.07, 6.45) is 1.61. The maximum absolute atomic E-state index is 12.9. The number of amides is 1. The quantitative estimate of drug-likeness (QED) is 0.511. The van der Waals surface area contributed by atoms with Crippen molar-refractivity contribution in [2.24, 2.45) is 0 Å². The lowest BCUT2D eigenvalue weighted by molar-refractivity contribution is 0.0781. The van der Waals surface area contributed by atoms with Gasteiger partial charge < -0.3 is 4.90 Å². The second-order valence-electron chi connectivity index (χ2n) is 6.48. The maximum Gasteiger partial charge on any atom is 0.256 e. The van der Waals surface area contributed by atoms with Gasteiger partial charge in [0.25, 0.3) is 5.91 Å². The Bertz CT molecular complexity index is 1060. The summed E-state index contributed by atoms with van der Waals surface area (Å²) in [6, 6.07) is 21.6. The molecular formula is C22H22N2O3S2. The predicted molar refractivity (Wildman–Crippen MR) is 116 cm³/mol. The number of benzene rings is 2. The Morgan fingerprint density at radius 1 is 0.966 bits per heavy atom. The van der Waals surface area contributed by atoms with Crippen molar-refractivity contribution in [1.82, 2.24) is 9.88 Å². The molecule has 0 fully saturated rings. The van der Waals surface area contributed by atoms with Gasteiger partial charge >= 0.3 is 0 Å². The average molecular weight is 427 g/mol. The third-order valence-electron chi connectivity index (χ3n) is 4.30. The lowest BCUT2D eigenvalue weighted by Crippen LogP contribution is -2.27. The van der Waals surface area contributed by atoms with Gasteiger partial charge in [-0.25, -0.2) is 13.4 Å². The van der Waals surface area contributed by atoms with Crippen molar-refractivity contribution in [3.8, 4) is 0 Å². The number of carbonyl (C=O) groups is 1. The van der Waals surface area contributed by atoms with E-state index >= 15 is 0 Å². The highest BCUT2D eigenvalue weighted by Gasteiger charge is 2.19. The summed E-state index contributed by atoms with van der Waals surface area (Å²) in [6.45, 7) is 0.487. The number of rotatable bonds is 8. The van der Waals surface area contributed by atoms with Crippen LogP contribution in [0, 0.1) is 0 Å². The molecule has 0 unspecified atom stereocenters. The molecule has 0 atom stereocenters. The zero-order valence-corrected chi connectivity index (χ0v) is 17.7. The van der Waals surface area contributed by atoms with Crippen LogP contribution in [0.5, 0.6) is 0 Å². The fourth-order valence-electron chi connectivity index (χ4n) is 2.80.